The van der Waals surface area contributed by atoms with Gasteiger partial charge in [-0.1, -0.05) is 43.1 Å². The summed E-state index contributed by atoms with van der Waals surface area (Å²) in [4.78, 5) is 22.6. The van der Waals surface area contributed by atoms with E-state index in [0.29, 0.717) is 15.6 Å². The fourth-order valence-electron chi connectivity index (χ4n) is 1.50. The molecule has 1 unspecified atom stereocenters. The highest BCUT2D eigenvalue weighted by atomic mass is 35.5. The second kappa shape index (κ2) is 7.31. The van der Waals surface area contributed by atoms with Crippen LogP contribution in [0.2, 0.25) is 10.0 Å². The SMILES string of the molecule is CC(C)C(NC(=O)/C=C/c1ccc(Cl)c(Cl)c1)C(=O)O. The summed E-state index contributed by atoms with van der Waals surface area (Å²) in [5.74, 6) is -1.73. The lowest BCUT2D eigenvalue weighted by atomic mass is 10.0. The molecule has 20 heavy (non-hydrogen) atoms. The number of aliphatic carboxylic acids is 1. The number of nitrogens with one attached hydrogen (secondary N) is 1. The number of halogens is 2. The van der Waals surface area contributed by atoms with Crippen molar-refractivity contribution in [3.63, 3.8) is 0 Å². The summed E-state index contributed by atoms with van der Waals surface area (Å²) in [6.45, 7) is 3.45. The highest BCUT2D eigenvalue weighted by Gasteiger charge is 2.22. The maximum Gasteiger partial charge on any atom is 0.326 e. The topological polar surface area (TPSA) is 66.4 Å². The van der Waals surface area contributed by atoms with Crippen LogP contribution in [0.4, 0.5) is 0 Å². The lowest BCUT2D eigenvalue weighted by Gasteiger charge is -2.16. The second-order valence-corrected chi connectivity index (χ2v) is 5.39. The summed E-state index contributed by atoms with van der Waals surface area (Å²) in [7, 11) is 0. The molecule has 0 saturated heterocycles. The molecule has 0 spiro atoms. The Kier molecular flexibility index (Phi) is 6.05. The van der Waals surface area contributed by atoms with Crippen molar-refractivity contribution in [1.29, 1.82) is 0 Å². The van der Waals surface area contributed by atoms with E-state index in [9.17, 15) is 9.59 Å². The van der Waals surface area contributed by atoms with Crippen LogP contribution in [0.15, 0.2) is 24.3 Å². The van der Waals surface area contributed by atoms with Gasteiger partial charge in [0.05, 0.1) is 10.0 Å². The van der Waals surface area contributed by atoms with Gasteiger partial charge in [-0.3, -0.25) is 4.79 Å². The molecule has 0 aliphatic carbocycles. The summed E-state index contributed by atoms with van der Waals surface area (Å²) in [5.41, 5.74) is 0.700. The van der Waals surface area contributed by atoms with Crippen molar-refractivity contribution in [3.05, 3.63) is 39.9 Å². The number of benzene rings is 1. The van der Waals surface area contributed by atoms with Crippen molar-refractivity contribution in [3.8, 4) is 0 Å². The Morgan fingerprint density at radius 2 is 1.90 bits per heavy atom. The molecule has 0 aliphatic rings. The number of carbonyl (C=O) groups excluding carboxylic acids is 1. The Balaban J connectivity index is 2.72. The molecular weight excluding hydrogens is 301 g/mol. The van der Waals surface area contributed by atoms with E-state index in [1.54, 1.807) is 32.0 Å². The average molecular weight is 316 g/mol. The number of amides is 1. The highest BCUT2D eigenvalue weighted by molar-refractivity contribution is 6.42. The Labute approximate surface area is 127 Å². The minimum Gasteiger partial charge on any atom is -0.480 e. The van der Waals surface area contributed by atoms with Gasteiger partial charge in [-0.2, -0.15) is 0 Å². The van der Waals surface area contributed by atoms with Gasteiger partial charge in [0, 0.05) is 6.08 Å². The van der Waals surface area contributed by atoms with Crippen LogP contribution in [0.3, 0.4) is 0 Å². The number of hydrogen-bond acceptors (Lipinski definition) is 2. The van der Waals surface area contributed by atoms with Gasteiger partial charge in [0.25, 0.3) is 0 Å². The third-order valence-electron chi connectivity index (χ3n) is 2.60. The molecule has 0 aromatic heterocycles. The van der Waals surface area contributed by atoms with E-state index in [2.05, 4.69) is 5.32 Å². The molecule has 2 N–H and O–H groups in total. The fraction of sp³-hybridized carbons (Fsp3) is 0.286. The number of carbonyl (C=O) groups is 2. The molecule has 108 valence electrons. The standard InChI is InChI=1S/C14H15Cl2NO3/c1-8(2)13(14(19)20)17-12(18)6-4-9-3-5-10(15)11(16)7-9/h3-8,13H,1-2H3,(H,17,18)(H,19,20)/b6-4+. The summed E-state index contributed by atoms with van der Waals surface area (Å²) >= 11 is 11.6. The van der Waals surface area contributed by atoms with Gasteiger partial charge in [-0.25, -0.2) is 4.79 Å². The van der Waals surface area contributed by atoms with Crippen LogP contribution in [0, 0.1) is 5.92 Å². The maximum atomic E-state index is 11.7. The van der Waals surface area contributed by atoms with Crippen molar-refractivity contribution in [2.24, 2.45) is 5.92 Å². The smallest absolute Gasteiger partial charge is 0.326 e. The molecule has 0 radical (unpaired) electrons. The molecule has 1 amide bonds. The van der Waals surface area contributed by atoms with Crippen LogP contribution in [0.1, 0.15) is 19.4 Å². The molecule has 0 fully saturated rings. The minimum atomic E-state index is -1.06. The average Bonchev–Trinajstić information content (AvgIpc) is 2.36. The van der Waals surface area contributed by atoms with Crippen LogP contribution in [-0.2, 0) is 9.59 Å². The molecule has 1 aromatic carbocycles. The summed E-state index contributed by atoms with van der Waals surface area (Å²) in [6.07, 6.45) is 2.80. The maximum absolute atomic E-state index is 11.7. The lowest BCUT2D eigenvalue weighted by Crippen LogP contribution is -2.43. The number of carboxylic acids is 1. The van der Waals surface area contributed by atoms with Crippen molar-refractivity contribution >= 4 is 41.2 Å². The summed E-state index contributed by atoms with van der Waals surface area (Å²) in [5, 5.41) is 12.2. The van der Waals surface area contributed by atoms with Crippen LogP contribution >= 0.6 is 23.2 Å². The van der Waals surface area contributed by atoms with E-state index in [-0.39, 0.29) is 5.92 Å². The van der Waals surface area contributed by atoms with Gasteiger partial charge in [0.2, 0.25) is 5.91 Å². The molecular formula is C14H15Cl2NO3. The predicted molar refractivity (Wildman–Crippen MR) is 79.9 cm³/mol. The third-order valence-corrected chi connectivity index (χ3v) is 3.34. The Hall–Kier alpha value is -1.52. The number of rotatable bonds is 5. The van der Waals surface area contributed by atoms with E-state index in [1.807, 2.05) is 0 Å². The van der Waals surface area contributed by atoms with Crippen LogP contribution in [-0.4, -0.2) is 23.0 Å². The van der Waals surface area contributed by atoms with Crippen molar-refractivity contribution in [1.82, 2.24) is 5.32 Å². The van der Waals surface area contributed by atoms with Gasteiger partial charge < -0.3 is 10.4 Å². The molecule has 1 atom stereocenters. The van der Waals surface area contributed by atoms with Crippen LogP contribution < -0.4 is 5.32 Å². The normalized spacial score (nSPS) is 12.7. The molecule has 1 rings (SSSR count). The monoisotopic (exact) mass is 315 g/mol. The van der Waals surface area contributed by atoms with Gasteiger partial charge in [-0.15, -0.1) is 0 Å². The first-order chi connectivity index (χ1) is 9.31. The van der Waals surface area contributed by atoms with Gasteiger partial charge >= 0.3 is 5.97 Å². The van der Waals surface area contributed by atoms with Gasteiger partial charge in [0.1, 0.15) is 6.04 Å². The Bertz CT molecular complexity index is 541. The number of carboxylic acid groups (broad SMARTS) is 1. The van der Waals surface area contributed by atoms with E-state index in [0.717, 1.165) is 0 Å². The molecule has 0 aliphatic heterocycles. The molecule has 4 nitrogen and oxygen atoms in total. The van der Waals surface area contributed by atoms with E-state index in [1.165, 1.54) is 12.2 Å². The number of hydrogen-bond donors (Lipinski definition) is 2. The highest BCUT2D eigenvalue weighted by Crippen LogP contribution is 2.23. The summed E-state index contributed by atoms with van der Waals surface area (Å²) in [6, 6.07) is 4.02. The quantitative estimate of drug-likeness (QED) is 0.820. The van der Waals surface area contributed by atoms with Crippen LogP contribution in [0.5, 0.6) is 0 Å². The van der Waals surface area contributed by atoms with Crippen LogP contribution in [0.25, 0.3) is 6.08 Å². The largest absolute Gasteiger partial charge is 0.480 e. The zero-order valence-electron chi connectivity index (χ0n) is 11.1. The zero-order chi connectivity index (χ0) is 15.3. The van der Waals surface area contributed by atoms with Crippen molar-refractivity contribution < 1.29 is 14.7 Å². The van der Waals surface area contributed by atoms with E-state index >= 15 is 0 Å². The molecule has 1 aromatic rings. The first kappa shape index (κ1) is 16.5. The van der Waals surface area contributed by atoms with E-state index in [4.69, 9.17) is 28.3 Å². The summed E-state index contributed by atoms with van der Waals surface area (Å²) < 4.78 is 0. The van der Waals surface area contributed by atoms with Crippen molar-refractivity contribution in [2.45, 2.75) is 19.9 Å². The first-order valence-electron chi connectivity index (χ1n) is 5.97. The molecule has 0 bridgehead atoms. The zero-order valence-corrected chi connectivity index (χ0v) is 12.6. The molecule has 0 heterocycles. The Morgan fingerprint density at radius 1 is 1.25 bits per heavy atom. The minimum absolute atomic E-state index is 0.199. The van der Waals surface area contributed by atoms with E-state index < -0.39 is 17.9 Å². The predicted octanol–water partition coefficient (Wildman–Crippen LogP) is 3.23. The lowest BCUT2D eigenvalue weighted by molar-refractivity contribution is -0.142. The van der Waals surface area contributed by atoms with Gasteiger partial charge in [-0.05, 0) is 29.7 Å². The van der Waals surface area contributed by atoms with Gasteiger partial charge in [0.15, 0.2) is 0 Å². The molecule has 6 heteroatoms. The fourth-order valence-corrected chi connectivity index (χ4v) is 1.81. The Morgan fingerprint density at radius 3 is 2.40 bits per heavy atom. The first-order valence-corrected chi connectivity index (χ1v) is 6.73. The second-order valence-electron chi connectivity index (χ2n) is 4.58. The molecule has 0 saturated carbocycles. The van der Waals surface area contributed by atoms with Crippen molar-refractivity contribution in [2.75, 3.05) is 0 Å². The third kappa shape index (κ3) is 4.87.